The van der Waals surface area contributed by atoms with Crippen molar-refractivity contribution in [2.24, 2.45) is 0 Å². The molecule has 0 spiro atoms. The molecule has 3 nitrogen and oxygen atoms in total. The molecule has 0 aromatic heterocycles. The van der Waals surface area contributed by atoms with Crippen molar-refractivity contribution in [3.8, 4) is 0 Å². The molecule has 0 aliphatic heterocycles. The highest BCUT2D eigenvalue weighted by molar-refractivity contribution is 6.31. The van der Waals surface area contributed by atoms with Gasteiger partial charge in [0.2, 0.25) is 0 Å². The molecule has 100 valence electrons. The van der Waals surface area contributed by atoms with Crippen molar-refractivity contribution >= 4 is 11.6 Å². The molecule has 4 heteroatoms. The van der Waals surface area contributed by atoms with E-state index < -0.39 is 5.60 Å². The molecule has 1 aliphatic carbocycles. The molecular weight excluding hydrogens is 250 g/mol. The van der Waals surface area contributed by atoms with Crippen LogP contribution in [0.4, 0.5) is 0 Å². The van der Waals surface area contributed by atoms with Crippen LogP contribution in [-0.4, -0.2) is 35.0 Å². The van der Waals surface area contributed by atoms with Crippen LogP contribution in [0.3, 0.4) is 0 Å². The summed E-state index contributed by atoms with van der Waals surface area (Å²) in [5, 5.41) is 22.8. The first kappa shape index (κ1) is 13.8. The smallest absolute Gasteiger partial charge is 0.0972 e. The van der Waals surface area contributed by atoms with Gasteiger partial charge in [-0.15, -0.1) is 0 Å². The molecule has 3 N–H and O–H groups in total. The maximum Gasteiger partial charge on any atom is 0.0972 e. The van der Waals surface area contributed by atoms with Crippen LogP contribution in [0.15, 0.2) is 24.3 Å². The highest BCUT2D eigenvalue weighted by Crippen LogP contribution is 2.39. The van der Waals surface area contributed by atoms with E-state index in [0.717, 1.165) is 17.9 Å². The zero-order valence-electron chi connectivity index (χ0n) is 10.6. The summed E-state index contributed by atoms with van der Waals surface area (Å²) in [4.78, 5) is 0. The minimum Gasteiger partial charge on any atom is -0.393 e. The fourth-order valence-electron chi connectivity index (χ4n) is 2.26. The average molecular weight is 270 g/mol. The monoisotopic (exact) mass is 269 g/mol. The van der Waals surface area contributed by atoms with Crippen molar-refractivity contribution in [3.63, 3.8) is 0 Å². The van der Waals surface area contributed by atoms with Gasteiger partial charge in [0.25, 0.3) is 0 Å². The van der Waals surface area contributed by atoms with Gasteiger partial charge in [-0.25, -0.2) is 0 Å². The lowest BCUT2D eigenvalue weighted by molar-refractivity contribution is -0.00185. The lowest BCUT2D eigenvalue weighted by Crippen LogP contribution is -2.48. The fraction of sp³-hybridized carbons (Fsp3) is 0.571. The normalized spacial score (nSPS) is 26.4. The molecule has 0 heterocycles. The quantitative estimate of drug-likeness (QED) is 0.766. The Balaban J connectivity index is 1.79. The molecule has 1 atom stereocenters. The van der Waals surface area contributed by atoms with Gasteiger partial charge in [0.05, 0.1) is 12.2 Å². The predicted octanol–water partition coefficient (Wildman–Crippen LogP) is 1.92. The van der Waals surface area contributed by atoms with Crippen molar-refractivity contribution in [2.75, 3.05) is 13.2 Å². The van der Waals surface area contributed by atoms with Crippen LogP contribution < -0.4 is 5.32 Å². The summed E-state index contributed by atoms with van der Waals surface area (Å²) in [7, 11) is 0. The SMILES string of the molecule is CC(O)(CO)CNC1CC(c2ccccc2Cl)C1. The summed E-state index contributed by atoms with van der Waals surface area (Å²) < 4.78 is 0. The van der Waals surface area contributed by atoms with Crippen molar-refractivity contribution in [1.82, 2.24) is 5.32 Å². The van der Waals surface area contributed by atoms with E-state index in [1.807, 2.05) is 18.2 Å². The first-order chi connectivity index (χ1) is 8.52. The van der Waals surface area contributed by atoms with Crippen LogP contribution in [0.1, 0.15) is 31.2 Å². The van der Waals surface area contributed by atoms with E-state index in [4.69, 9.17) is 16.7 Å². The summed E-state index contributed by atoms with van der Waals surface area (Å²) in [6, 6.07) is 8.36. The van der Waals surface area contributed by atoms with Gasteiger partial charge in [-0.05, 0) is 37.3 Å². The minimum absolute atomic E-state index is 0.222. The number of hydrogen-bond donors (Lipinski definition) is 3. The van der Waals surface area contributed by atoms with E-state index >= 15 is 0 Å². The highest BCUT2D eigenvalue weighted by atomic mass is 35.5. The summed E-state index contributed by atoms with van der Waals surface area (Å²) in [5.74, 6) is 0.510. The molecule has 1 aliphatic rings. The number of halogens is 1. The first-order valence-corrected chi connectivity index (χ1v) is 6.71. The first-order valence-electron chi connectivity index (χ1n) is 6.33. The lowest BCUT2D eigenvalue weighted by atomic mass is 9.75. The molecule has 1 fully saturated rings. The number of nitrogens with one attached hydrogen (secondary N) is 1. The predicted molar refractivity (Wildman–Crippen MR) is 72.9 cm³/mol. The summed E-state index contributed by atoms with van der Waals surface area (Å²) in [5.41, 5.74) is 0.182. The van der Waals surface area contributed by atoms with E-state index in [9.17, 15) is 5.11 Å². The van der Waals surface area contributed by atoms with Crippen LogP contribution in [-0.2, 0) is 0 Å². The van der Waals surface area contributed by atoms with Crippen LogP contribution in [0.25, 0.3) is 0 Å². The Labute approximate surface area is 113 Å². The number of hydrogen-bond acceptors (Lipinski definition) is 3. The largest absolute Gasteiger partial charge is 0.393 e. The Morgan fingerprint density at radius 1 is 1.39 bits per heavy atom. The number of benzene rings is 1. The van der Waals surface area contributed by atoms with Gasteiger partial charge in [-0.2, -0.15) is 0 Å². The summed E-state index contributed by atoms with van der Waals surface area (Å²) in [6.45, 7) is 1.83. The van der Waals surface area contributed by atoms with Gasteiger partial charge < -0.3 is 15.5 Å². The molecule has 0 radical (unpaired) electrons. The van der Waals surface area contributed by atoms with Gasteiger partial charge in [0, 0.05) is 17.6 Å². The number of rotatable bonds is 5. The number of aliphatic hydroxyl groups is 2. The van der Waals surface area contributed by atoms with Crippen molar-refractivity contribution in [1.29, 1.82) is 0 Å². The standard InChI is InChI=1S/C14H20ClNO2/c1-14(18,9-17)8-16-11-6-10(7-11)12-4-2-3-5-13(12)15/h2-5,10-11,16-18H,6-9H2,1H3. The second kappa shape index (κ2) is 5.57. The van der Waals surface area contributed by atoms with Crippen molar-refractivity contribution < 1.29 is 10.2 Å². The molecule has 1 aromatic rings. The minimum atomic E-state index is -1.03. The van der Waals surface area contributed by atoms with Gasteiger partial charge in [-0.3, -0.25) is 0 Å². The van der Waals surface area contributed by atoms with Gasteiger partial charge >= 0.3 is 0 Å². The van der Waals surface area contributed by atoms with E-state index in [1.165, 1.54) is 5.56 Å². The Morgan fingerprint density at radius 3 is 2.67 bits per heavy atom. The van der Waals surface area contributed by atoms with Gasteiger partial charge in [-0.1, -0.05) is 29.8 Å². The Morgan fingerprint density at radius 2 is 2.06 bits per heavy atom. The Kier molecular flexibility index (Phi) is 4.28. The van der Waals surface area contributed by atoms with E-state index in [-0.39, 0.29) is 6.61 Å². The van der Waals surface area contributed by atoms with Gasteiger partial charge in [0.15, 0.2) is 0 Å². The second-order valence-electron chi connectivity index (χ2n) is 5.42. The summed E-state index contributed by atoms with van der Waals surface area (Å²) >= 11 is 6.16. The lowest BCUT2D eigenvalue weighted by Gasteiger charge is -2.38. The number of aliphatic hydroxyl groups excluding tert-OH is 1. The molecule has 0 saturated heterocycles. The summed E-state index contributed by atoms with van der Waals surface area (Å²) in [6.07, 6.45) is 2.07. The fourth-order valence-corrected chi connectivity index (χ4v) is 2.55. The molecule has 1 unspecified atom stereocenters. The molecule has 1 aromatic carbocycles. The molecular formula is C14H20ClNO2. The van der Waals surface area contributed by atoms with E-state index in [1.54, 1.807) is 6.92 Å². The van der Waals surface area contributed by atoms with E-state index in [2.05, 4.69) is 11.4 Å². The van der Waals surface area contributed by atoms with Crippen LogP contribution in [0.5, 0.6) is 0 Å². The van der Waals surface area contributed by atoms with Crippen LogP contribution in [0, 0.1) is 0 Å². The maximum atomic E-state index is 9.69. The topological polar surface area (TPSA) is 52.5 Å². The second-order valence-corrected chi connectivity index (χ2v) is 5.83. The molecule has 0 amide bonds. The van der Waals surface area contributed by atoms with Crippen LogP contribution >= 0.6 is 11.6 Å². The molecule has 18 heavy (non-hydrogen) atoms. The van der Waals surface area contributed by atoms with Crippen molar-refractivity contribution in [3.05, 3.63) is 34.9 Å². The highest BCUT2D eigenvalue weighted by Gasteiger charge is 2.32. The Bertz CT molecular complexity index is 403. The Hall–Kier alpha value is -0.610. The average Bonchev–Trinajstić information content (AvgIpc) is 2.29. The van der Waals surface area contributed by atoms with Gasteiger partial charge in [0.1, 0.15) is 0 Å². The molecule has 0 bridgehead atoms. The van der Waals surface area contributed by atoms with E-state index in [0.29, 0.717) is 18.5 Å². The zero-order chi connectivity index (χ0) is 13.2. The van der Waals surface area contributed by atoms with Crippen molar-refractivity contribution in [2.45, 2.75) is 37.3 Å². The third kappa shape index (κ3) is 3.23. The zero-order valence-corrected chi connectivity index (χ0v) is 11.3. The third-order valence-electron chi connectivity index (χ3n) is 3.60. The molecule has 2 rings (SSSR count). The third-order valence-corrected chi connectivity index (χ3v) is 3.94. The maximum absolute atomic E-state index is 9.69. The van der Waals surface area contributed by atoms with Crippen LogP contribution in [0.2, 0.25) is 5.02 Å². The molecule has 1 saturated carbocycles.